The molecule has 3 rings (SSSR count). The van der Waals surface area contributed by atoms with Gasteiger partial charge in [0.25, 0.3) is 0 Å². The monoisotopic (exact) mass is 310 g/mol. The summed E-state index contributed by atoms with van der Waals surface area (Å²) in [5, 5.41) is 11.1. The van der Waals surface area contributed by atoms with Crippen molar-refractivity contribution in [2.24, 2.45) is 0 Å². The summed E-state index contributed by atoms with van der Waals surface area (Å²) in [5.41, 5.74) is 4.42. The average Bonchev–Trinajstić information content (AvgIpc) is 2.78. The van der Waals surface area contributed by atoms with E-state index in [9.17, 15) is 9.90 Å². The van der Waals surface area contributed by atoms with Crippen molar-refractivity contribution in [1.29, 1.82) is 0 Å². The Hall–Kier alpha value is -2.69. The number of carbonyl (C=O) groups excluding carboxylic acids is 1. The Bertz CT molecular complexity index is 740. The maximum atomic E-state index is 11.1. The number of carboxylic acids is 1. The summed E-state index contributed by atoms with van der Waals surface area (Å²) in [6.45, 7) is 0. The van der Waals surface area contributed by atoms with E-state index in [4.69, 9.17) is 0 Å². The first-order chi connectivity index (χ1) is 10.9. The van der Waals surface area contributed by atoms with Gasteiger partial charge in [-0.3, -0.25) is 0 Å². The number of rotatable bonds is 3. The first-order valence-electron chi connectivity index (χ1n) is 7.48. The Labute approximate surface area is 136 Å². The molecular weight excluding hydrogens is 290 g/mol. The lowest BCUT2D eigenvalue weighted by Gasteiger charge is -2.28. The molecule has 0 fully saturated rings. The Morgan fingerprint density at radius 1 is 1.00 bits per heavy atom. The zero-order valence-corrected chi connectivity index (χ0v) is 13.8. The normalized spacial score (nSPS) is 16.4. The molecule has 2 aromatic rings. The molecule has 1 heterocycles. The van der Waals surface area contributed by atoms with Crippen molar-refractivity contribution < 1.29 is 9.90 Å². The molecule has 0 aliphatic carbocycles. The molecular formula is C18H20N3O2-. The second-order valence-corrected chi connectivity index (χ2v) is 6.07. The highest BCUT2D eigenvalue weighted by Crippen LogP contribution is 2.44. The number of nitrogens with zero attached hydrogens (tertiary/aromatic N) is 3. The molecule has 0 radical (unpaired) electrons. The Balaban J connectivity index is 1.97. The highest BCUT2D eigenvalue weighted by atomic mass is 16.4. The third kappa shape index (κ3) is 2.48. The van der Waals surface area contributed by atoms with Gasteiger partial charge >= 0.3 is 0 Å². The largest absolute Gasteiger partial charge is 0.545 e. The SMILES string of the molecule is CN(C)c1ccc(C2N(C)c3ccc(C(=O)[O-])cc3N2C)cc1. The van der Waals surface area contributed by atoms with Crippen LogP contribution >= 0.6 is 0 Å². The molecule has 2 aromatic carbocycles. The number of hydrogen-bond acceptors (Lipinski definition) is 5. The summed E-state index contributed by atoms with van der Waals surface area (Å²) in [4.78, 5) is 17.4. The van der Waals surface area contributed by atoms with Crippen LogP contribution in [0.15, 0.2) is 42.5 Å². The van der Waals surface area contributed by atoms with E-state index in [2.05, 4.69) is 39.0 Å². The van der Waals surface area contributed by atoms with Gasteiger partial charge in [-0.15, -0.1) is 0 Å². The number of aromatic carboxylic acids is 1. The smallest absolute Gasteiger partial charge is 0.128 e. The molecule has 1 unspecified atom stereocenters. The first kappa shape index (κ1) is 15.2. The zero-order valence-electron chi connectivity index (χ0n) is 13.8. The lowest BCUT2D eigenvalue weighted by Crippen LogP contribution is -2.30. The van der Waals surface area contributed by atoms with Crippen LogP contribution in [-0.2, 0) is 0 Å². The van der Waals surface area contributed by atoms with Gasteiger partial charge in [-0.2, -0.15) is 0 Å². The van der Waals surface area contributed by atoms with Gasteiger partial charge in [0, 0.05) is 33.9 Å². The molecule has 0 spiro atoms. The number of carboxylic acid groups (broad SMARTS) is 1. The van der Waals surface area contributed by atoms with E-state index in [1.54, 1.807) is 12.1 Å². The van der Waals surface area contributed by atoms with E-state index in [0.29, 0.717) is 0 Å². The van der Waals surface area contributed by atoms with Gasteiger partial charge in [-0.25, -0.2) is 0 Å². The van der Waals surface area contributed by atoms with E-state index in [1.165, 1.54) is 0 Å². The van der Waals surface area contributed by atoms with Crippen LogP contribution in [0, 0.1) is 0 Å². The summed E-state index contributed by atoms with van der Waals surface area (Å²) < 4.78 is 0. The van der Waals surface area contributed by atoms with Crippen LogP contribution in [0.1, 0.15) is 22.1 Å². The van der Waals surface area contributed by atoms with Gasteiger partial charge in [0.15, 0.2) is 0 Å². The van der Waals surface area contributed by atoms with Crippen molar-refractivity contribution in [3.63, 3.8) is 0 Å². The van der Waals surface area contributed by atoms with E-state index in [1.807, 2.05) is 34.3 Å². The lowest BCUT2D eigenvalue weighted by atomic mass is 10.1. The number of hydrogen-bond donors (Lipinski definition) is 0. The Morgan fingerprint density at radius 2 is 1.61 bits per heavy atom. The van der Waals surface area contributed by atoms with E-state index < -0.39 is 5.97 Å². The van der Waals surface area contributed by atoms with Gasteiger partial charge < -0.3 is 24.6 Å². The quantitative estimate of drug-likeness (QED) is 0.864. The molecule has 0 amide bonds. The second kappa shape index (κ2) is 5.50. The molecule has 1 aliphatic rings. The predicted octanol–water partition coefficient (Wildman–Crippen LogP) is 1.70. The number of benzene rings is 2. The molecule has 1 atom stereocenters. The molecule has 23 heavy (non-hydrogen) atoms. The molecule has 0 aromatic heterocycles. The fourth-order valence-corrected chi connectivity index (χ4v) is 3.15. The Morgan fingerprint density at radius 3 is 2.17 bits per heavy atom. The minimum absolute atomic E-state index is 0.0400. The van der Waals surface area contributed by atoms with Crippen LogP contribution in [0.25, 0.3) is 0 Å². The second-order valence-electron chi connectivity index (χ2n) is 6.07. The highest BCUT2D eigenvalue weighted by Gasteiger charge is 2.32. The van der Waals surface area contributed by atoms with Gasteiger partial charge in [-0.1, -0.05) is 18.2 Å². The zero-order chi connectivity index (χ0) is 16.7. The fraction of sp³-hybridized carbons (Fsp3) is 0.278. The standard InChI is InChI=1S/C18H21N3O2/c1-19(2)14-8-5-12(6-9-14)17-20(3)15-10-7-13(18(22)23)11-16(15)21(17)4/h5-11,17H,1-4H3,(H,22,23)/p-1. The molecule has 0 bridgehead atoms. The molecule has 0 saturated carbocycles. The van der Waals surface area contributed by atoms with Crippen LogP contribution in [0.3, 0.4) is 0 Å². The number of fused-ring (bicyclic) bond motifs is 1. The summed E-state index contributed by atoms with van der Waals surface area (Å²) in [6, 6.07) is 13.5. The van der Waals surface area contributed by atoms with Gasteiger partial charge in [0.1, 0.15) is 6.17 Å². The molecule has 0 N–H and O–H groups in total. The van der Waals surface area contributed by atoms with Crippen molar-refractivity contribution >= 4 is 23.0 Å². The number of carbonyl (C=O) groups is 1. The summed E-state index contributed by atoms with van der Waals surface area (Å²) >= 11 is 0. The number of anilines is 3. The minimum atomic E-state index is -1.15. The van der Waals surface area contributed by atoms with Gasteiger partial charge in [-0.05, 0) is 35.4 Å². The molecule has 5 heteroatoms. The third-order valence-electron chi connectivity index (χ3n) is 4.41. The van der Waals surface area contributed by atoms with E-state index in [-0.39, 0.29) is 11.7 Å². The van der Waals surface area contributed by atoms with E-state index >= 15 is 0 Å². The topological polar surface area (TPSA) is 49.9 Å². The van der Waals surface area contributed by atoms with Crippen LogP contribution in [0.5, 0.6) is 0 Å². The first-order valence-corrected chi connectivity index (χ1v) is 7.48. The fourth-order valence-electron chi connectivity index (χ4n) is 3.15. The average molecular weight is 310 g/mol. The Kier molecular flexibility index (Phi) is 3.64. The van der Waals surface area contributed by atoms with Crippen LogP contribution in [0.2, 0.25) is 0 Å². The molecule has 0 saturated heterocycles. The molecule has 5 nitrogen and oxygen atoms in total. The summed E-state index contributed by atoms with van der Waals surface area (Å²) in [5.74, 6) is -1.15. The maximum Gasteiger partial charge on any atom is 0.128 e. The van der Waals surface area contributed by atoms with E-state index in [0.717, 1.165) is 22.6 Å². The van der Waals surface area contributed by atoms with Crippen LogP contribution < -0.4 is 19.8 Å². The highest BCUT2D eigenvalue weighted by molar-refractivity contribution is 5.91. The van der Waals surface area contributed by atoms with Crippen molar-refractivity contribution in [2.75, 3.05) is 42.9 Å². The van der Waals surface area contributed by atoms with Crippen molar-refractivity contribution in [3.8, 4) is 0 Å². The van der Waals surface area contributed by atoms with Crippen molar-refractivity contribution in [3.05, 3.63) is 53.6 Å². The van der Waals surface area contributed by atoms with Crippen molar-refractivity contribution in [2.45, 2.75) is 6.17 Å². The van der Waals surface area contributed by atoms with Gasteiger partial charge in [0.2, 0.25) is 0 Å². The van der Waals surface area contributed by atoms with Gasteiger partial charge in [0.05, 0.1) is 17.3 Å². The van der Waals surface area contributed by atoms with Crippen LogP contribution in [0.4, 0.5) is 17.1 Å². The maximum absolute atomic E-state index is 11.1. The summed E-state index contributed by atoms with van der Waals surface area (Å²) in [6.07, 6.45) is 0.0400. The molecule has 120 valence electrons. The lowest BCUT2D eigenvalue weighted by molar-refractivity contribution is -0.255. The minimum Gasteiger partial charge on any atom is -0.545 e. The third-order valence-corrected chi connectivity index (χ3v) is 4.41. The van der Waals surface area contributed by atoms with Crippen LogP contribution in [-0.4, -0.2) is 34.2 Å². The molecule has 1 aliphatic heterocycles. The summed E-state index contributed by atoms with van der Waals surface area (Å²) in [7, 11) is 8.03. The predicted molar refractivity (Wildman–Crippen MR) is 91.1 cm³/mol. The van der Waals surface area contributed by atoms with Crippen molar-refractivity contribution in [1.82, 2.24) is 0 Å².